The van der Waals surface area contributed by atoms with E-state index in [0.717, 1.165) is 19.2 Å². The average molecular weight is 248 g/mol. The molecule has 1 aromatic carbocycles. The topological polar surface area (TPSA) is 26.3 Å². The van der Waals surface area contributed by atoms with Gasteiger partial charge < -0.3 is 4.74 Å². The molecule has 0 saturated carbocycles. The first-order valence-electron chi connectivity index (χ1n) is 4.41. The van der Waals surface area contributed by atoms with E-state index in [4.69, 9.17) is 0 Å². The van der Waals surface area contributed by atoms with E-state index in [1.165, 1.54) is 0 Å². The van der Waals surface area contributed by atoms with Gasteiger partial charge in [-0.1, -0.05) is 6.58 Å². The maximum absolute atomic E-state index is 13.1. The lowest BCUT2D eigenvalue weighted by Crippen LogP contribution is -2.11. The highest BCUT2D eigenvalue weighted by atomic mass is 19.4. The largest absolute Gasteiger partial charge is 0.465 e. The van der Waals surface area contributed by atoms with Gasteiger partial charge >= 0.3 is 12.1 Å². The van der Waals surface area contributed by atoms with E-state index >= 15 is 0 Å². The number of allylic oxidation sites excluding steroid dienone is 1. The molecule has 0 atom stereocenters. The fourth-order valence-electron chi connectivity index (χ4n) is 1.16. The molecule has 1 aromatic rings. The van der Waals surface area contributed by atoms with Crippen molar-refractivity contribution in [2.45, 2.75) is 6.18 Å². The molecule has 92 valence electrons. The molecule has 1 rings (SSSR count). The Hall–Kier alpha value is -1.85. The summed E-state index contributed by atoms with van der Waals surface area (Å²) in [6.07, 6.45) is -4.68. The van der Waals surface area contributed by atoms with Crippen LogP contribution < -0.4 is 0 Å². The molecule has 6 heteroatoms. The zero-order valence-corrected chi connectivity index (χ0v) is 8.77. The van der Waals surface area contributed by atoms with E-state index in [9.17, 15) is 22.4 Å². The zero-order chi connectivity index (χ0) is 13.2. The van der Waals surface area contributed by atoms with Crippen LogP contribution >= 0.6 is 0 Å². The molecular formula is C11H8F4O2. The molecule has 17 heavy (non-hydrogen) atoms. The van der Waals surface area contributed by atoms with Crippen molar-refractivity contribution in [1.29, 1.82) is 0 Å². The summed E-state index contributed by atoms with van der Waals surface area (Å²) in [5.74, 6) is -1.88. The highest BCUT2D eigenvalue weighted by molar-refractivity contribution is 5.90. The van der Waals surface area contributed by atoms with Crippen LogP contribution in [-0.4, -0.2) is 19.3 Å². The Kier molecular flexibility index (Phi) is 3.55. The van der Waals surface area contributed by atoms with Crippen LogP contribution in [0.15, 0.2) is 24.8 Å². The van der Waals surface area contributed by atoms with Crippen LogP contribution in [0.2, 0.25) is 0 Å². The number of halogens is 4. The van der Waals surface area contributed by atoms with E-state index in [0.29, 0.717) is 6.07 Å². The van der Waals surface area contributed by atoms with Crippen molar-refractivity contribution in [2.24, 2.45) is 0 Å². The minimum Gasteiger partial charge on any atom is -0.465 e. The van der Waals surface area contributed by atoms with Crippen LogP contribution in [0.5, 0.6) is 0 Å². The summed E-state index contributed by atoms with van der Waals surface area (Å²) in [5, 5.41) is 0. The van der Waals surface area contributed by atoms with Crippen LogP contribution in [0.25, 0.3) is 5.57 Å². The molecule has 0 N–H and O–H groups in total. The van der Waals surface area contributed by atoms with Crippen molar-refractivity contribution in [3.05, 3.63) is 41.7 Å². The van der Waals surface area contributed by atoms with Gasteiger partial charge in [0, 0.05) is 0 Å². The molecule has 0 aliphatic carbocycles. The number of carbonyl (C=O) groups excluding carboxylic acids is 1. The quantitative estimate of drug-likeness (QED) is 0.593. The number of hydrogen-bond donors (Lipinski definition) is 0. The number of carbonyl (C=O) groups is 1. The van der Waals surface area contributed by atoms with Crippen LogP contribution in [0.1, 0.15) is 15.9 Å². The number of rotatable bonds is 2. The summed E-state index contributed by atoms with van der Waals surface area (Å²) < 4.78 is 54.4. The zero-order valence-electron chi connectivity index (χ0n) is 8.77. The molecule has 0 spiro atoms. The average Bonchev–Trinajstić information content (AvgIpc) is 2.24. The minimum atomic E-state index is -4.68. The number of benzene rings is 1. The predicted octanol–water partition coefficient (Wildman–Crippen LogP) is 3.19. The lowest BCUT2D eigenvalue weighted by Gasteiger charge is -2.11. The standard InChI is InChI=1S/C11H8F4O2/c1-6(11(13,14)15)7-3-8(10(16)17-2)5-9(12)4-7/h3-5H,1H2,2H3. The van der Waals surface area contributed by atoms with Gasteiger partial charge in [-0.25, -0.2) is 9.18 Å². The van der Waals surface area contributed by atoms with Gasteiger partial charge in [-0.15, -0.1) is 0 Å². The van der Waals surface area contributed by atoms with E-state index in [2.05, 4.69) is 11.3 Å². The lowest BCUT2D eigenvalue weighted by molar-refractivity contribution is -0.0686. The molecule has 0 bridgehead atoms. The van der Waals surface area contributed by atoms with E-state index in [1.807, 2.05) is 0 Å². The Morgan fingerprint density at radius 3 is 2.24 bits per heavy atom. The van der Waals surface area contributed by atoms with Crippen LogP contribution in [0.4, 0.5) is 17.6 Å². The summed E-state index contributed by atoms with van der Waals surface area (Å²) in [6.45, 7) is 2.82. The van der Waals surface area contributed by atoms with Crippen molar-refractivity contribution < 1.29 is 27.1 Å². The molecule has 0 radical (unpaired) electrons. The van der Waals surface area contributed by atoms with Crippen LogP contribution in [0.3, 0.4) is 0 Å². The summed E-state index contributed by atoms with van der Waals surface area (Å²) >= 11 is 0. The van der Waals surface area contributed by atoms with E-state index in [1.54, 1.807) is 0 Å². The first-order chi connectivity index (χ1) is 7.75. The second-order valence-corrected chi connectivity index (χ2v) is 3.20. The van der Waals surface area contributed by atoms with Crippen LogP contribution in [0, 0.1) is 5.82 Å². The van der Waals surface area contributed by atoms with Gasteiger partial charge in [-0.3, -0.25) is 0 Å². The van der Waals surface area contributed by atoms with Gasteiger partial charge in [-0.05, 0) is 23.8 Å². The van der Waals surface area contributed by atoms with Gasteiger partial charge in [0.05, 0.1) is 18.2 Å². The Bertz CT molecular complexity index is 463. The second kappa shape index (κ2) is 4.57. The van der Waals surface area contributed by atoms with Crippen molar-refractivity contribution in [1.82, 2.24) is 0 Å². The lowest BCUT2D eigenvalue weighted by atomic mass is 10.0. The molecule has 0 aliphatic heterocycles. The van der Waals surface area contributed by atoms with Gasteiger partial charge in [0.15, 0.2) is 0 Å². The Labute approximate surface area is 94.5 Å². The van der Waals surface area contributed by atoms with Crippen molar-refractivity contribution in [3.63, 3.8) is 0 Å². The Morgan fingerprint density at radius 2 is 1.76 bits per heavy atom. The number of alkyl halides is 3. The number of ether oxygens (including phenoxy) is 1. The molecule has 0 fully saturated rings. The molecule has 0 heterocycles. The third-order valence-electron chi connectivity index (χ3n) is 2.01. The van der Waals surface area contributed by atoms with Gasteiger partial charge in [0.2, 0.25) is 0 Å². The third-order valence-corrected chi connectivity index (χ3v) is 2.01. The smallest absolute Gasteiger partial charge is 0.416 e. The summed E-state index contributed by atoms with van der Waals surface area (Å²) in [7, 11) is 1.05. The monoisotopic (exact) mass is 248 g/mol. The molecular weight excluding hydrogens is 240 g/mol. The number of hydrogen-bond acceptors (Lipinski definition) is 2. The maximum Gasteiger partial charge on any atom is 0.416 e. The minimum absolute atomic E-state index is 0.298. The molecule has 2 nitrogen and oxygen atoms in total. The third kappa shape index (κ3) is 3.05. The Balaban J connectivity index is 3.23. The number of esters is 1. The summed E-state index contributed by atoms with van der Waals surface area (Å²) in [5.41, 5.74) is -2.02. The maximum atomic E-state index is 13.1. The summed E-state index contributed by atoms with van der Waals surface area (Å²) in [6, 6.07) is 2.33. The predicted molar refractivity (Wildman–Crippen MR) is 52.8 cm³/mol. The Morgan fingerprint density at radius 1 is 1.24 bits per heavy atom. The fourth-order valence-corrected chi connectivity index (χ4v) is 1.16. The molecule has 0 aliphatic rings. The molecule has 0 saturated heterocycles. The molecule has 0 aromatic heterocycles. The SMILES string of the molecule is C=C(c1cc(F)cc(C(=O)OC)c1)C(F)(F)F. The highest BCUT2D eigenvalue weighted by Crippen LogP contribution is 2.32. The fraction of sp³-hybridized carbons (Fsp3) is 0.182. The van der Waals surface area contributed by atoms with Crippen LogP contribution in [-0.2, 0) is 4.74 Å². The first-order valence-corrected chi connectivity index (χ1v) is 4.41. The molecule has 0 unspecified atom stereocenters. The van der Waals surface area contributed by atoms with Gasteiger partial charge in [0.1, 0.15) is 5.82 Å². The summed E-state index contributed by atoms with van der Waals surface area (Å²) in [4.78, 5) is 11.1. The van der Waals surface area contributed by atoms with E-state index in [-0.39, 0.29) is 5.56 Å². The van der Waals surface area contributed by atoms with Crippen molar-refractivity contribution >= 4 is 11.5 Å². The van der Waals surface area contributed by atoms with Gasteiger partial charge in [-0.2, -0.15) is 13.2 Å². The van der Waals surface area contributed by atoms with Gasteiger partial charge in [0.25, 0.3) is 0 Å². The normalized spacial score (nSPS) is 11.1. The van der Waals surface area contributed by atoms with Crippen molar-refractivity contribution in [2.75, 3.05) is 7.11 Å². The van der Waals surface area contributed by atoms with Crippen molar-refractivity contribution in [3.8, 4) is 0 Å². The highest BCUT2D eigenvalue weighted by Gasteiger charge is 2.33. The second-order valence-electron chi connectivity index (χ2n) is 3.20. The first kappa shape index (κ1) is 13.2. The molecule has 0 amide bonds. The number of methoxy groups -OCH3 is 1. The van der Waals surface area contributed by atoms with E-state index < -0.39 is 29.1 Å².